The van der Waals surface area contributed by atoms with E-state index in [1.54, 1.807) is 72.8 Å². The summed E-state index contributed by atoms with van der Waals surface area (Å²) < 4.78 is 1.49. The molecule has 6 nitrogen and oxygen atoms in total. The Kier molecular flexibility index (Phi) is 3.83. The number of nitrogens with zero attached hydrogens (tertiary/aromatic N) is 3. The average Bonchev–Trinajstić information content (AvgIpc) is 2.92. The van der Waals surface area contributed by atoms with Gasteiger partial charge in [0.2, 0.25) is 10.9 Å². The van der Waals surface area contributed by atoms with Gasteiger partial charge in [0.1, 0.15) is 22.6 Å². The van der Waals surface area contributed by atoms with Crippen LogP contribution >= 0.6 is 0 Å². The van der Waals surface area contributed by atoms with Gasteiger partial charge in [0, 0.05) is 16.2 Å². The summed E-state index contributed by atoms with van der Waals surface area (Å²) in [5.74, 6) is 0.225. The van der Waals surface area contributed by atoms with Gasteiger partial charge in [-0.25, -0.2) is 4.98 Å². The lowest BCUT2D eigenvalue weighted by Crippen LogP contribution is -2.20. The van der Waals surface area contributed by atoms with Crippen LogP contribution in [0.25, 0.3) is 27.4 Å². The molecule has 1 aliphatic heterocycles. The summed E-state index contributed by atoms with van der Waals surface area (Å²) in [5, 5.41) is 10.9. The van der Waals surface area contributed by atoms with Gasteiger partial charge in [0.25, 0.3) is 0 Å². The first kappa shape index (κ1) is 17.6. The quantitative estimate of drug-likeness (QED) is 0.474. The number of anilines is 1. The monoisotopic (exact) mass is 390 g/mol. The average molecular weight is 390 g/mol. The van der Waals surface area contributed by atoms with Gasteiger partial charge in [-0.05, 0) is 24.3 Å². The van der Waals surface area contributed by atoms with E-state index in [1.807, 2.05) is 0 Å². The molecule has 6 heteroatoms. The summed E-state index contributed by atoms with van der Waals surface area (Å²) in [6.07, 6.45) is 0. The molecule has 1 aliphatic carbocycles. The van der Waals surface area contributed by atoms with Crippen molar-refractivity contribution in [1.29, 1.82) is 5.26 Å². The number of hydrogen-bond donors (Lipinski definition) is 1. The standard InChI is InChI=1S/C24H14N4O2/c25-13-14-7-1-6-12-19(14)28-21-20(27-18-11-5-4-10-17(18)24(28)26)22(29)15-8-2-3-9-16(15)23(21)30/h1-12H,26H2. The van der Waals surface area contributed by atoms with Crippen molar-refractivity contribution in [2.75, 3.05) is 5.73 Å². The molecule has 0 bridgehead atoms. The lowest BCUT2D eigenvalue weighted by Gasteiger charge is -2.12. The minimum atomic E-state index is -0.368. The van der Waals surface area contributed by atoms with Gasteiger partial charge in [-0.2, -0.15) is 5.26 Å². The predicted octanol–water partition coefficient (Wildman–Crippen LogP) is 3.08. The smallest absolute Gasteiger partial charge is 0.214 e. The first-order valence-electron chi connectivity index (χ1n) is 9.27. The number of hydrogen-bond acceptors (Lipinski definition) is 5. The maximum absolute atomic E-state index is 13.6. The minimum Gasteiger partial charge on any atom is -0.384 e. The number of benzene rings is 3. The van der Waals surface area contributed by atoms with Gasteiger partial charge in [-0.3, -0.25) is 14.2 Å². The molecule has 0 saturated heterocycles. The molecule has 5 rings (SSSR count). The Labute approximate surface area is 169 Å². The summed E-state index contributed by atoms with van der Waals surface area (Å²) in [5.41, 5.74) is 7.06. The highest BCUT2D eigenvalue weighted by atomic mass is 16.1. The van der Waals surface area contributed by atoms with Crippen LogP contribution in [-0.4, -0.2) is 9.55 Å². The Morgan fingerprint density at radius 2 is 1.40 bits per heavy atom. The Hall–Kier alpha value is -4.50. The molecular formula is C24H14N4O2. The lowest BCUT2D eigenvalue weighted by molar-refractivity contribution is 0.994. The van der Waals surface area contributed by atoms with Crippen LogP contribution in [0.15, 0.2) is 82.4 Å². The third-order valence-corrected chi connectivity index (χ3v) is 5.21. The summed E-state index contributed by atoms with van der Waals surface area (Å²) in [6.45, 7) is 0. The molecule has 0 amide bonds. The Bertz CT molecular complexity index is 1720. The molecule has 2 aliphatic rings. The van der Waals surface area contributed by atoms with Crippen molar-refractivity contribution < 1.29 is 0 Å². The molecule has 0 aromatic heterocycles. The first-order chi connectivity index (χ1) is 14.6. The highest BCUT2D eigenvalue weighted by molar-refractivity contribution is 5.89. The maximum Gasteiger partial charge on any atom is 0.214 e. The van der Waals surface area contributed by atoms with Gasteiger partial charge < -0.3 is 5.73 Å². The Morgan fingerprint density at radius 3 is 2.13 bits per heavy atom. The molecule has 2 N–H and O–H groups in total. The van der Waals surface area contributed by atoms with Crippen molar-refractivity contribution in [2.45, 2.75) is 0 Å². The molecule has 0 fully saturated rings. The fourth-order valence-corrected chi connectivity index (χ4v) is 3.82. The van der Waals surface area contributed by atoms with E-state index < -0.39 is 0 Å². The predicted molar refractivity (Wildman–Crippen MR) is 116 cm³/mol. The normalized spacial score (nSPS) is 11.0. The fourth-order valence-electron chi connectivity index (χ4n) is 3.82. The second-order valence-electron chi connectivity index (χ2n) is 6.88. The van der Waals surface area contributed by atoms with Crippen molar-refractivity contribution in [1.82, 2.24) is 9.55 Å². The van der Waals surface area contributed by atoms with Crippen LogP contribution in [0.3, 0.4) is 0 Å². The van der Waals surface area contributed by atoms with E-state index in [0.717, 1.165) is 0 Å². The zero-order valence-corrected chi connectivity index (χ0v) is 15.7. The van der Waals surface area contributed by atoms with Crippen molar-refractivity contribution in [3.8, 4) is 11.8 Å². The van der Waals surface area contributed by atoms with Crippen molar-refractivity contribution >= 4 is 27.5 Å². The van der Waals surface area contributed by atoms with Crippen LogP contribution in [0.5, 0.6) is 0 Å². The molecule has 0 atom stereocenters. The van der Waals surface area contributed by atoms with Crippen molar-refractivity contribution in [3.63, 3.8) is 0 Å². The van der Waals surface area contributed by atoms with Crippen LogP contribution in [0.2, 0.25) is 0 Å². The molecule has 0 spiro atoms. The zero-order valence-electron chi connectivity index (χ0n) is 15.7. The van der Waals surface area contributed by atoms with Crippen LogP contribution in [-0.2, 0) is 0 Å². The number of fused-ring (bicyclic) bond motifs is 2. The summed E-state index contributed by atoms with van der Waals surface area (Å²) in [6, 6.07) is 22.7. The van der Waals surface area contributed by atoms with Gasteiger partial charge in [0.05, 0.1) is 16.8 Å². The third kappa shape index (κ3) is 2.39. The molecule has 0 radical (unpaired) electrons. The molecular weight excluding hydrogens is 376 g/mol. The number of rotatable bonds is 1. The van der Waals surface area contributed by atoms with Crippen LogP contribution in [0, 0.1) is 22.0 Å². The largest absolute Gasteiger partial charge is 0.384 e. The highest BCUT2D eigenvalue weighted by Gasteiger charge is 2.16. The number of nitrogens with two attached hydrogens (primary N) is 1. The highest BCUT2D eigenvalue weighted by Crippen LogP contribution is 2.24. The van der Waals surface area contributed by atoms with Gasteiger partial charge in [-0.15, -0.1) is 0 Å². The topological polar surface area (TPSA) is 102 Å². The number of para-hydroxylation sites is 2. The fraction of sp³-hybridized carbons (Fsp3) is 0. The molecule has 0 unspecified atom stereocenters. The molecule has 142 valence electrons. The van der Waals surface area contributed by atoms with E-state index in [2.05, 4.69) is 11.1 Å². The van der Waals surface area contributed by atoms with Crippen LogP contribution in [0.1, 0.15) is 5.56 Å². The Balaban J connectivity index is 2.25. The molecule has 3 aromatic carbocycles. The number of nitrogen functional groups attached to an aromatic ring is 1. The Morgan fingerprint density at radius 1 is 0.800 bits per heavy atom. The zero-order chi connectivity index (χ0) is 20.8. The van der Waals surface area contributed by atoms with E-state index in [0.29, 0.717) is 27.5 Å². The molecule has 3 aromatic rings. The van der Waals surface area contributed by atoms with Crippen molar-refractivity contribution in [2.24, 2.45) is 0 Å². The maximum atomic E-state index is 13.6. The minimum absolute atomic E-state index is 0.0133. The third-order valence-electron chi connectivity index (χ3n) is 5.21. The van der Waals surface area contributed by atoms with Gasteiger partial charge >= 0.3 is 0 Å². The summed E-state index contributed by atoms with van der Waals surface area (Å²) in [4.78, 5) is 31.5. The van der Waals surface area contributed by atoms with E-state index >= 15 is 0 Å². The second-order valence-corrected chi connectivity index (χ2v) is 6.88. The van der Waals surface area contributed by atoms with Crippen LogP contribution < -0.4 is 16.6 Å². The summed E-state index contributed by atoms with van der Waals surface area (Å²) in [7, 11) is 0. The van der Waals surface area contributed by atoms with E-state index in [9.17, 15) is 14.9 Å². The SMILES string of the molecule is N#Cc1ccccc1-n1c(N)c2ccccc2nc2c(=O)c3ccccc3c(=O)c1=2. The van der Waals surface area contributed by atoms with E-state index in [-0.39, 0.29) is 32.8 Å². The molecule has 1 heterocycles. The first-order valence-corrected chi connectivity index (χ1v) is 9.27. The number of nitriles is 1. The van der Waals surface area contributed by atoms with Crippen LogP contribution in [0.4, 0.5) is 5.82 Å². The molecule has 0 saturated carbocycles. The lowest BCUT2D eigenvalue weighted by atomic mass is 10.1. The van der Waals surface area contributed by atoms with E-state index in [4.69, 9.17) is 5.73 Å². The summed E-state index contributed by atoms with van der Waals surface area (Å²) >= 11 is 0. The van der Waals surface area contributed by atoms with Gasteiger partial charge in [-0.1, -0.05) is 48.5 Å². The van der Waals surface area contributed by atoms with Gasteiger partial charge in [0.15, 0.2) is 0 Å². The second kappa shape index (κ2) is 6.54. The van der Waals surface area contributed by atoms with E-state index in [1.165, 1.54) is 4.57 Å². The molecule has 30 heavy (non-hydrogen) atoms. The number of aromatic nitrogens is 2. The van der Waals surface area contributed by atoms with Crippen molar-refractivity contribution in [3.05, 3.63) is 110 Å².